The highest BCUT2D eigenvalue weighted by molar-refractivity contribution is 6.25. The van der Waals surface area contributed by atoms with E-state index in [4.69, 9.17) is 0 Å². The molecule has 0 saturated heterocycles. The summed E-state index contributed by atoms with van der Waals surface area (Å²) in [5.74, 6) is -0.502. The maximum Gasteiger partial charge on any atom is 0.259 e. The Hall–Kier alpha value is -0.860. The summed E-state index contributed by atoms with van der Waals surface area (Å²) in [6.07, 6.45) is 1.06. The topological polar surface area (TPSA) is 55.4 Å². The van der Waals surface area contributed by atoms with Crippen molar-refractivity contribution in [2.75, 3.05) is 7.05 Å². The zero-order valence-electron chi connectivity index (χ0n) is 3.51. The Morgan fingerprint density at radius 3 is 2.50 bits per heavy atom. The monoisotopic (exact) mass is 86.0 g/mol. The van der Waals surface area contributed by atoms with E-state index < -0.39 is 5.91 Å². The predicted octanol–water partition coefficient (Wildman–Crippen LogP) is -0.828. The van der Waals surface area contributed by atoms with Crippen LogP contribution in [-0.2, 0) is 4.79 Å². The van der Waals surface area contributed by atoms with Gasteiger partial charge in [0, 0.05) is 7.05 Å². The molecule has 0 aliphatic rings. The third-order valence-corrected chi connectivity index (χ3v) is 0.256. The molecular formula is C3H6N2O. The van der Waals surface area contributed by atoms with Gasteiger partial charge in [0.1, 0.15) is 0 Å². The smallest absolute Gasteiger partial charge is 0.259 e. The van der Waals surface area contributed by atoms with Crippen molar-refractivity contribution in [1.29, 1.82) is 0 Å². The first-order valence-electron chi connectivity index (χ1n) is 1.49. The number of nitrogens with zero attached hydrogens (tertiary/aromatic N) is 1. The number of amides is 1. The Labute approximate surface area is 35.9 Å². The second-order valence-electron chi connectivity index (χ2n) is 0.790. The van der Waals surface area contributed by atoms with Crippen LogP contribution in [0.5, 0.6) is 0 Å². The molecule has 0 spiro atoms. The van der Waals surface area contributed by atoms with E-state index in [1.807, 2.05) is 0 Å². The minimum Gasteiger partial charge on any atom is -0.365 e. The Morgan fingerprint density at radius 2 is 2.50 bits per heavy atom. The molecule has 0 saturated carbocycles. The molecule has 0 aromatic heterocycles. The second-order valence-corrected chi connectivity index (χ2v) is 0.790. The van der Waals surface area contributed by atoms with Crippen molar-refractivity contribution in [1.82, 2.24) is 0 Å². The molecule has 6 heavy (non-hydrogen) atoms. The Kier molecular flexibility index (Phi) is 2.04. The van der Waals surface area contributed by atoms with Gasteiger partial charge in [0.15, 0.2) is 0 Å². The maximum atomic E-state index is 9.67. The van der Waals surface area contributed by atoms with Crippen LogP contribution in [0.15, 0.2) is 4.99 Å². The molecule has 0 radical (unpaired) electrons. The average molecular weight is 86.1 g/mol. The maximum absolute atomic E-state index is 9.67. The number of hydrogen-bond donors (Lipinski definition) is 1. The Bertz CT molecular complexity index is 76.9. The fraction of sp³-hybridized carbons (Fsp3) is 0.333. The number of aliphatic imine (C=N–C) groups is 1. The van der Waals surface area contributed by atoms with Crippen LogP contribution in [0.2, 0.25) is 0 Å². The van der Waals surface area contributed by atoms with Gasteiger partial charge < -0.3 is 5.73 Å². The summed E-state index contributed by atoms with van der Waals surface area (Å²) in [4.78, 5) is 13.0. The van der Waals surface area contributed by atoms with Crippen molar-refractivity contribution in [3.8, 4) is 0 Å². The molecule has 0 aliphatic heterocycles. The summed E-state index contributed by atoms with van der Waals surface area (Å²) >= 11 is 0. The second kappa shape index (κ2) is 2.38. The first-order chi connectivity index (χ1) is 2.77. The fourth-order valence-electron chi connectivity index (χ4n) is 0.127. The number of carbonyl (C=O) groups is 1. The molecular weight excluding hydrogens is 80.0 g/mol. The number of nitrogens with two attached hydrogens (primary N) is 1. The number of hydrogen-bond acceptors (Lipinski definition) is 2. The highest BCUT2D eigenvalue weighted by atomic mass is 16.1. The quantitative estimate of drug-likeness (QED) is 0.416. The lowest BCUT2D eigenvalue weighted by molar-refractivity contribution is -0.111. The molecule has 34 valence electrons. The van der Waals surface area contributed by atoms with Crippen LogP contribution in [-0.4, -0.2) is 19.2 Å². The van der Waals surface area contributed by atoms with E-state index in [0.29, 0.717) is 0 Å². The summed E-state index contributed by atoms with van der Waals surface area (Å²) in [7, 11) is 1.49. The van der Waals surface area contributed by atoms with E-state index in [0.717, 1.165) is 6.21 Å². The zero-order chi connectivity index (χ0) is 4.99. The van der Waals surface area contributed by atoms with E-state index in [1.54, 1.807) is 0 Å². The largest absolute Gasteiger partial charge is 0.365 e. The Balaban J connectivity index is 3.30. The number of primary amides is 1. The normalized spacial score (nSPS) is 9.50. The lowest BCUT2D eigenvalue weighted by Crippen LogP contribution is -2.10. The van der Waals surface area contributed by atoms with Gasteiger partial charge in [-0.2, -0.15) is 0 Å². The third kappa shape index (κ3) is 3.14. The van der Waals surface area contributed by atoms with E-state index in [-0.39, 0.29) is 0 Å². The minimum absolute atomic E-state index is 0.502. The van der Waals surface area contributed by atoms with Crippen LogP contribution in [0.1, 0.15) is 0 Å². The summed E-state index contributed by atoms with van der Waals surface area (Å²) < 4.78 is 0. The van der Waals surface area contributed by atoms with Gasteiger partial charge in [0.2, 0.25) is 0 Å². The number of carbonyl (C=O) groups excluding carboxylic acids is 1. The molecule has 3 heteroatoms. The molecule has 3 nitrogen and oxygen atoms in total. The van der Waals surface area contributed by atoms with Crippen molar-refractivity contribution in [3.05, 3.63) is 0 Å². The van der Waals surface area contributed by atoms with Crippen molar-refractivity contribution < 1.29 is 4.79 Å². The molecule has 0 atom stereocenters. The molecule has 2 N–H and O–H groups in total. The fourth-order valence-corrected chi connectivity index (χ4v) is 0.127. The van der Waals surface area contributed by atoms with Gasteiger partial charge in [0.05, 0.1) is 6.21 Å². The molecule has 0 aromatic carbocycles. The summed E-state index contributed by atoms with van der Waals surface area (Å²) in [6.45, 7) is 0. The molecule has 0 bridgehead atoms. The predicted molar refractivity (Wildman–Crippen MR) is 23.6 cm³/mol. The van der Waals surface area contributed by atoms with Gasteiger partial charge in [-0.3, -0.25) is 9.79 Å². The summed E-state index contributed by atoms with van der Waals surface area (Å²) in [5.41, 5.74) is 4.61. The molecule has 1 amide bonds. The molecule has 0 aliphatic carbocycles. The zero-order valence-corrected chi connectivity index (χ0v) is 3.51. The van der Waals surface area contributed by atoms with Gasteiger partial charge in [-0.05, 0) is 0 Å². The lowest BCUT2D eigenvalue weighted by atomic mass is 10.7. The number of rotatable bonds is 1. The van der Waals surface area contributed by atoms with E-state index in [1.165, 1.54) is 7.05 Å². The van der Waals surface area contributed by atoms with Crippen LogP contribution in [0.25, 0.3) is 0 Å². The minimum atomic E-state index is -0.502. The molecule has 0 rings (SSSR count). The lowest BCUT2D eigenvalue weighted by Gasteiger charge is -1.69. The summed E-state index contributed by atoms with van der Waals surface area (Å²) in [6, 6.07) is 0. The first-order valence-corrected chi connectivity index (χ1v) is 1.49. The van der Waals surface area contributed by atoms with Gasteiger partial charge >= 0.3 is 0 Å². The first kappa shape index (κ1) is 5.14. The van der Waals surface area contributed by atoms with Crippen LogP contribution in [0, 0.1) is 0 Å². The molecule has 0 heterocycles. The molecule has 0 unspecified atom stereocenters. The molecule has 0 aromatic rings. The van der Waals surface area contributed by atoms with Crippen molar-refractivity contribution in [2.24, 2.45) is 10.7 Å². The van der Waals surface area contributed by atoms with Gasteiger partial charge in [-0.15, -0.1) is 0 Å². The SMILES string of the molecule is CN=CC(N)=O. The average Bonchev–Trinajstić information content (AvgIpc) is 1.35. The highest BCUT2D eigenvalue weighted by Gasteiger charge is 1.75. The van der Waals surface area contributed by atoms with Crippen LogP contribution in [0.3, 0.4) is 0 Å². The standard InChI is InChI=1S/C3H6N2O/c1-5-2-3(4)6/h2H,1H3,(H2,4,6). The Morgan fingerprint density at radius 1 is 2.00 bits per heavy atom. The molecule has 0 fully saturated rings. The van der Waals surface area contributed by atoms with E-state index in [2.05, 4.69) is 10.7 Å². The van der Waals surface area contributed by atoms with Crippen LogP contribution < -0.4 is 5.73 Å². The van der Waals surface area contributed by atoms with Crippen LogP contribution >= 0.6 is 0 Å². The van der Waals surface area contributed by atoms with Crippen molar-refractivity contribution in [2.45, 2.75) is 0 Å². The van der Waals surface area contributed by atoms with Crippen LogP contribution in [0.4, 0.5) is 0 Å². The van der Waals surface area contributed by atoms with Crippen molar-refractivity contribution in [3.63, 3.8) is 0 Å². The third-order valence-electron chi connectivity index (χ3n) is 0.256. The highest BCUT2D eigenvalue weighted by Crippen LogP contribution is 1.46. The van der Waals surface area contributed by atoms with Gasteiger partial charge in [-0.1, -0.05) is 0 Å². The van der Waals surface area contributed by atoms with Crippen molar-refractivity contribution >= 4 is 12.1 Å². The van der Waals surface area contributed by atoms with E-state index >= 15 is 0 Å². The van der Waals surface area contributed by atoms with Gasteiger partial charge in [0.25, 0.3) is 5.91 Å². The van der Waals surface area contributed by atoms with Gasteiger partial charge in [-0.25, -0.2) is 0 Å². The summed E-state index contributed by atoms with van der Waals surface area (Å²) in [5, 5.41) is 0. The van der Waals surface area contributed by atoms with E-state index in [9.17, 15) is 4.79 Å².